The van der Waals surface area contributed by atoms with Crippen molar-refractivity contribution >= 4 is 46.4 Å². The summed E-state index contributed by atoms with van der Waals surface area (Å²) in [5.41, 5.74) is 2.57. The van der Waals surface area contributed by atoms with Crippen LogP contribution in [0.2, 0.25) is 0 Å². The third kappa shape index (κ3) is 4.88. The molecule has 0 unspecified atom stereocenters. The molecule has 1 heterocycles. The highest BCUT2D eigenvalue weighted by atomic mass is 35.5. The molecule has 9 heteroatoms. The number of aryl methyl sites for hydroxylation is 1. The maximum Gasteiger partial charge on any atom is 0.283 e. The Morgan fingerprint density at radius 2 is 1.70 bits per heavy atom. The number of hydrogen-bond acceptors (Lipinski definition) is 6. The number of ether oxygens (including phenoxy) is 2. The van der Waals surface area contributed by atoms with E-state index in [4.69, 9.17) is 21.1 Å². The van der Waals surface area contributed by atoms with Gasteiger partial charge in [0.05, 0.1) is 19.9 Å². The lowest BCUT2D eigenvalue weighted by Gasteiger charge is -2.22. The Morgan fingerprint density at radius 3 is 2.35 bits per heavy atom. The summed E-state index contributed by atoms with van der Waals surface area (Å²) in [6.45, 7) is 4.20. The maximum absolute atomic E-state index is 13.4. The minimum Gasteiger partial charge on any atom is -0.497 e. The first-order valence-corrected chi connectivity index (χ1v) is 11.9. The Balaban J connectivity index is 1.64. The van der Waals surface area contributed by atoms with Crippen molar-refractivity contribution in [1.82, 2.24) is 0 Å². The summed E-state index contributed by atoms with van der Waals surface area (Å²) in [6, 6.07) is 19.2. The summed E-state index contributed by atoms with van der Waals surface area (Å²) >= 11 is 6.34. The molecular formula is C28H26ClN3O5. The van der Waals surface area contributed by atoms with E-state index < -0.39 is 11.8 Å². The van der Waals surface area contributed by atoms with Crippen molar-refractivity contribution in [2.45, 2.75) is 13.8 Å². The van der Waals surface area contributed by atoms with E-state index >= 15 is 0 Å². The number of benzene rings is 3. The summed E-state index contributed by atoms with van der Waals surface area (Å²) < 4.78 is 10.6. The van der Waals surface area contributed by atoms with E-state index in [-0.39, 0.29) is 28.1 Å². The van der Waals surface area contributed by atoms with Crippen LogP contribution in [0.1, 0.15) is 22.8 Å². The Morgan fingerprint density at radius 1 is 0.973 bits per heavy atom. The minimum absolute atomic E-state index is 0.0901. The van der Waals surface area contributed by atoms with Gasteiger partial charge in [-0.05, 0) is 55.8 Å². The van der Waals surface area contributed by atoms with Gasteiger partial charge in [-0.3, -0.25) is 14.4 Å². The van der Waals surface area contributed by atoms with Crippen molar-refractivity contribution in [2.24, 2.45) is 0 Å². The molecule has 1 aliphatic rings. The van der Waals surface area contributed by atoms with E-state index in [1.54, 1.807) is 41.3 Å². The second-order valence-corrected chi connectivity index (χ2v) is 8.59. The number of methoxy groups -OCH3 is 2. The zero-order valence-electron chi connectivity index (χ0n) is 20.9. The molecule has 0 radical (unpaired) electrons. The van der Waals surface area contributed by atoms with Crippen molar-refractivity contribution in [3.63, 3.8) is 0 Å². The van der Waals surface area contributed by atoms with Gasteiger partial charge in [0.15, 0.2) is 0 Å². The quantitative estimate of drug-likeness (QED) is 0.416. The van der Waals surface area contributed by atoms with Gasteiger partial charge in [-0.25, -0.2) is 4.90 Å². The number of rotatable bonds is 8. The van der Waals surface area contributed by atoms with Gasteiger partial charge in [0.25, 0.3) is 17.7 Å². The van der Waals surface area contributed by atoms with Crippen molar-refractivity contribution in [1.29, 1.82) is 0 Å². The lowest BCUT2D eigenvalue weighted by atomic mass is 10.1. The van der Waals surface area contributed by atoms with Crippen LogP contribution in [-0.4, -0.2) is 38.5 Å². The van der Waals surface area contributed by atoms with Crippen LogP contribution in [0.4, 0.5) is 17.1 Å². The van der Waals surface area contributed by atoms with E-state index in [1.807, 2.05) is 44.2 Å². The van der Waals surface area contributed by atoms with Gasteiger partial charge in [0.1, 0.15) is 22.2 Å². The molecule has 0 saturated carbocycles. The van der Waals surface area contributed by atoms with Crippen LogP contribution in [0, 0.1) is 6.92 Å². The van der Waals surface area contributed by atoms with Crippen molar-refractivity contribution < 1.29 is 23.9 Å². The second kappa shape index (κ2) is 10.8. The summed E-state index contributed by atoms with van der Waals surface area (Å²) in [7, 11) is 2.93. The number of imide groups is 1. The molecule has 3 aromatic rings. The average molecular weight is 520 g/mol. The highest BCUT2D eigenvalue weighted by Crippen LogP contribution is 2.38. The molecule has 0 fully saturated rings. The number of carbonyl (C=O) groups is 3. The van der Waals surface area contributed by atoms with Crippen molar-refractivity contribution in [3.05, 3.63) is 88.6 Å². The molecule has 3 aromatic carbocycles. The fraction of sp³-hybridized carbons (Fsp3) is 0.179. The number of anilines is 3. The fourth-order valence-corrected chi connectivity index (χ4v) is 4.24. The molecular weight excluding hydrogens is 494 g/mol. The van der Waals surface area contributed by atoms with Gasteiger partial charge >= 0.3 is 0 Å². The van der Waals surface area contributed by atoms with Crippen LogP contribution in [-0.2, 0) is 9.59 Å². The summed E-state index contributed by atoms with van der Waals surface area (Å²) in [5.74, 6) is -0.755. The van der Waals surface area contributed by atoms with Crippen LogP contribution >= 0.6 is 11.6 Å². The molecule has 8 nitrogen and oxygen atoms in total. The molecule has 3 amide bonds. The summed E-state index contributed by atoms with van der Waals surface area (Å²) in [6.07, 6.45) is 0. The van der Waals surface area contributed by atoms with E-state index in [9.17, 15) is 14.4 Å². The maximum atomic E-state index is 13.4. The number of halogens is 1. The lowest BCUT2D eigenvalue weighted by molar-refractivity contribution is -0.120. The first-order valence-electron chi connectivity index (χ1n) is 11.6. The van der Waals surface area contributed by atoms with Gasteiger partial charge in [0, 0.05) is 29.5 Å². The first kappa shape index (κ1) is 25.8. The molecule has 0 aromatic heterocycles. The van der Waals surface area contributed by atoms with Crippen LogP contribution < -0.4 is 24.6 Å². The Hall–Kier alpha value is -4.30. The van der Waals surface area contributed by atoms with Crippen LogP contribution in [0.25, 0.3) is 0 Å². The number of hydrogen-bond donors (Lipinski definition) is 1. The molecule has 4 rings (SSSR count). The smallest absolute Gasteiger partial charge is 0.283 e. The minimum atomic E-state index is -0.691. The normalized spacial score (nSPS) is 13.2. The largest absolute Gasteiger partial charge is 0.497 e. The van der Waals surface area contributed by atoms with Crippen LogP contribution in [0.3, 0.4) is 0 Å². The van der Waals surface area contributed by atoms with E-state index in [0.29, 0.717) is 23.5 Å². The predicted octanol–water partition coefficient (Wildman–Crippen LogP) is 5.11. The third-order valence-electron chi connectivity index (χ3n) is 6.03. The lowest BCUT2D eigenvalue weighted by Crippen LogP contribution is -2.32. The molecule has 190 valence electrons. The molecule has 0 spiro atoms. The van der Waals surface area contributed by atoms with Gasteiger partial charge in [-0.1, -0.05) is 35.9 Å². The summed E-state index contributed by atoms with van der Waals surface area (Å²) in [5, 5.41) is 2.72. The highest BCUT2D eigenvalue weighted by Gasteiger charge is 2.40. The topological polar surface area (TPSA) is 88.2 Å². The molecule has 1 aliphatic heterocycles. The molecule has 0 atom stereocenters. The predicted molar refractivity (Wildman–Crippen MR) is 144 cm³/mol. The Labute approximate surface area is 220 Å². The molecule has 0 saturated heterocycles. The Kier molecular flexibility index (Phi) is 7.50. The van der Waals surface area contributed by atoms with E-state index in [1.165, 1.54) is 14.2 Å². The van der Waals surface area contributed by atoms with Crippen molar-refractivity contribution in [2.75, 3.05) is 35.9 Å². The molecule has 0 aliphatic carbocycles. The fourth-order valence-electron chi connectivity index (χ4n) is 4.03. The van der Waals surface area contributed by atoms with E-state index in [2.05, 4.69) is 5.32 Å². The molecule has 37 heavy (non-hydrogen) atoms. The zero-order chi connectivity index (χ0) is 26.7. The highest BCUT2D eigenvalue weighted by molar-refractivity contribution is 6.53. The van der Waals surface area contributed by atoms with Crippen LogP contribution in [0.5, 0.6) is 11.5 Å². The van der Waals surface area contributed by atoms with Crippen molar-refractivity contribution in [3.8, 4) is 11.5 Å². The number of amides is 3. The first-order chi connectivity index (χ1) is 17.8. The summed E-state index contributed by atoms with van der Waals surface area (Å²) in [4.78, 5) is 42.3. The zero-order valence-corrected chi connectivity index (χ0v) is 21.6. The van der Waals surface area contributed by atoms with Gasteiger partial charge in [0.2, 0.25) is 0 Å². The SMILES string of the molecule is CCN(C(=O)c1ccc(C)c(NC2=C(Cl)C(=O)N(c3ccc(OC)cc3OC)C2=O)c1)c1ccccc1. The molecule has 0 bridgehead atoms. The van der Waals surface area contributed by atoms with Gasteiger partial charge < -0.3 is 19.7 Å². The van der Waals surface area contributed by atoms with E-state index in [0.717, 1.165) is 16.2 Å². The third-order valence-corrected chi connectivity index (χ3v) is 6.38. The molecule has 1 N–H and O–H groups in total. The number of nitrogens with one attached hydrogen (secondary N) is 1. The van der Waals surface area contributed by atoms with Gasteiger partial charge in [-0.15, -0.1) is 0 Å². The Bertz CT molecular complexity index is 1400. The average Bonchev–Trinajstić information content (AvgIpc) is 3.13. The number of carbonyl (C=O) groups excluding carboxylic acids is 3. The number of nitrogens with zero attached hydrogens (tertiary/aromatic N) is 2. The second-order valence-electron chi connectivity index (χ2n) is 8.21. The number of para-hydroxylation sites is 1. The van der Waals surface area contributed by atoms with Crippen LogP contribution in [0.15, 0.2) is 77.5 Å². The monoisotopic (exact) mass is 519 g/mol. The standard InChI is InChI=1S/C28H26ClN3O5/c1-5-31(19-9-7-6-8-10-19)26(33)18-12-11-17(2)21(15-18)30-25-24(29)27(34)32(28(25)35)22-14-13-20(36-3)16-23(22)37-4/h6-16,30H,5H2,1-4H3. The van der Waals surface area contributed by atoms with Gasteiger partial charge in [-0.2, -0.15) is 0 Å².